The van der Waals surface area contributed by atoms with Crippen LogP contribution in [0.4, 0.5) is 0 Å². The van der Waals surface area contributed by atoms with Crippen molar-refractivity contribution in [2.75, 3.05) is 13.2 Å². The number of unbranched alkanes of at least 4 members (excludes halogenated alkanes) is 20. The van der Waals surface area contributed by atoms with Crippen LogP contribution in [0.2, 0.25) is 0 Å². The first-order valence-electron chi connectivity index (χ1n) is 22.2. The van der Waals surface area contributed by atoms with Crippen molar-refractivity contribution in [1.29, 1.82) is 0 Å². The monoisotopic (exact) mass is 858 g/mol. The first-order valence-corrected chi connectivity index (χ1v) is 22.2. The fourth-order valence-electron chi connectivity index (χ4n) is 5.52. The minimum Gasteiger partial charge on any atom is -0.675 e. The fourth-order valence-corrected chi connectivity index (χ4v) is 5.52. The minimum atomic E-state index is -0.678. The van der Waals surface area contributed by atoms with Crippen LogP contribution in [0.25, 0.3) is 5.73 Å². The average Bonchev–Trinajstić information content (AvgIpc) is 3.13. The van der Waals surface area contributed by atoms with Gasteiger partial charge in [0.2, 0.25) is 0 Å². The van der Waals surface area contributed by atoms with Crippen LogP contribution in [-0.4, -0.2) is 52.5 Å². The number of carbonyl (C=O) groups is 3. The number of aliphatic carboxylic acids is 2. The van der Waals surface area contributed by atoms with E-state index in [0.717, 1.165) is 51.4 Å². The van der Waals surface area contributed by atoms with E-state index in [9.17, 15) is 19.5 Å². The molecule has 0 spiro atoms. The van der Waals surface area contributed by atoms with Crippen molar-refractivity contribution in [2.24, 2.45) is 0 Å². The molecule has 4 N–H and O–H groups in total. The van der Waals surface area contributed by atoms with Crippen molar-refractivity contribution in [3.05, 3.63) is 29.5 Å². The normalized spacial score (nSPS) is 11.0. The molecule has 325 valence electrons. The Morgan fingerprint density at radius 2 is 0.945 bits per heavy atom. The summed E-state index contributed by atoms with van der Waals surface area (Å²) in [5, 5.41) is 26.9. The van der Waals surface area contributed by atoms with Crippen molar-refractivity contribution in [1.82, 2.24) is 0 Å². The van der Waals surface area contributed by atoms with Crippen LogP contribution in [0.5, 0.6) is 0 Å². The molecule has 1 atom stereocenters. The molecule has 0 fully saturated rings. The van der Waals surface area contributed by atoms with Crippen molar-refractivity contribution in [3.8, 4) is 0 Å². The molecule has 0 bridgehead atoms. The zero-order valence-corrected chi connectivity index (χ0v) is 39.9. The maximum absolute atomic E-state index is 10.5. The quantitative estimate of drug-likeness (QED) is 0.0253. The first kappa shape index (κ1) is 63.1. The zero-order valence-electron chi connectivity index (χ0n) is 37.0. The van der Waals surface area contributed by atoms with Gasteiger partial charge in [-0.25, -0.2) is 4.79 Å². The van der Waals surface area contributed by atoms with Crippen LogP contribution in [-0.2, 0) is 51.8 Å². The van der Waals surface area contributed by atoms with Crippen LogP contribution >= 0.6 is 0 Å². The molecule has 0 aromatic rings. The third-order valence-electron chi connectivity index (χ3n) is 8.76. The fraction of sp³-hybridized carbons (Fsp3) is 0.848. The van der Waals surface area contributed by atoms with E-state index >= 15 is 0 Å². The summed E-state index contributed by atoms with van der Waals surface area (Å²) >= 11 is 0. The molecule has 0 aliphatic carbocycles. The van der Waals surface area contributed by atoms with Crippen LogP contribution in [0.15, 0.2) is 23.8 Å². The number of hydrogen-bond donors (Lipinski definition) is 3. The van der Waals surface area contributed by atoms with E-state index in [-0.39, 0.29) is 52.0 Å². The van der Waals surface area contributed by atoms with Gasteiger partial charge in [-0.3, -0.25) is 9.59 Å². The molecule has 0 aromatic heterocycles. The third kappa shape index (κ3) is 68.0. The van der Waals surface area contributed by atoms with Crippen molar-refractivity contribution >= 4 is 17.9 Å². The predicted octanol–water partition coefficient (Wildman–Crippen LogP) is 14.4. The van der Waals surface area contributed by atoms with Gasteiger partial charge in [0.05, 0.1) is 12.7 Å². The Balaban J connectivity index is -0.000000231. The summed E-state index contributed by atoms with van der Waals surface area (Å²) in [5.74, 6) is -1.75. The molecule has 9 heteroatoms. The number of carboxylic acids is 2. The summed E-state index contributed by atoms with van der Waals surface area (Å²) in [6, 6.07) is 0. The molecule has 0 rings (SSSR count). The summed E-state index contributed by atoms with van der Waals surface area (Å²) < 4.78 is 4.53. The molecule has 0 amide bonds. The van der Waals surface area contributed by atoms with Crippen LogP contribution < -0.4 is 0 Å². The van der Waals surface area contributed by atoms with Gasteiger partial charge in [0.15, 0.2) is 0 Å². The van der Waals surface area contributed by atoms with Gasteiger partial charge in [0.25, 0.3) is 0 Å². The summed E-state index contributed by atoms with van der Waals surface area (Å²) in [4.78, 5) is 31.2. The van der Waals surface area contributed by atoms with Gasteiger partial charge in [-0.1, -0.05) is 174 Å². The molecule has 0 aliphatic rings. The number of aliphatic hydroxyl groups is 1. The number of nitrogens with one attached hydrogen (secondary N) is 1. The van der Waals surface area contributed by atoms with E-state index in [1.807, 2.05) is 0 Å². The van der Waals surface area contributed by atoms with Crippen LogP contribution in [0, 0.1) is 0 Å². The van der Waals surface area contributed by atoms with E-state index in [1.54, 1.807) is 12.5 Å². The van der Waals surface area contributed by atoms with E-state index in [1.165, 1.54) is 128 Å². The molecule has 0 heterocycles. The molecule has 1 radical (unpaired) electrons. The summed E-state index contributed by atoms with van der Waals surface area (Å²) in [6.07, 6.45) is 36.5. The molecule has 0 aliphatic heterocycles. The Hall–Kier alpha value is -1.09. The van der Waals surface area contributed by atoms with Crippen LogP contribution in [0.3, 0.4) is 0 Å². The molecule has 8 nitrogen and oxygen atoms in total. The van der Waals surface area contributed by atoms with Crippen molar-refractivity contribution in [3.63, 3.8) is 0 Å². The number of carboxylic acid groups (broad SMARTS) is 2. The van der Waals surface area contributed by atoms with Crippen molar-refractivity contribution < 1.29 is 67.1 Å². The maximum atomic E-state index is 10.5. The topological polar surface area (TPSA) is 145 Å². The largest absolute Gasteiger partial charge is 0.675 e. The predicted molar refractivity (Wildman–Crippen MR) is 231 cm³/mol. The molecule has 0 saturated heterocycles. The molecule has 0 saturated carbocycles. The van der Waals surface area contributed by atoms with E-state index in [2.05, 4.69) is 52.0 Å². The minimum absolute atomic E-state index is 0. The Morgan fingerprint density at radius 1 is 0.600 bits per heavy atom. The maximum Gasteiger partial charge on any atom is 0.333 e. The SMILES string of the molecule is C=C(C)C(=O)OCC[NH-].CCC.CCCCCC=C(C)CCCCCCCCCCC(=O)O.CCCCCCC(O)CCCCCCCCCCC(=O)O.[Y]. The van der Waals surface area contributed by atoms with Crippen LogP contribution in [0.1, 0.15) is 234 Å². The molecule has 0 aromatic carbocycles. The number of carbonyl (C=O) groups excluding carboxylic acids is 1. The second-order valence-electron chi connectivity index (χ2n) is 14.9. The number of esters is 1. The standard InChI is InChI=1S/C19H36O2.C18H36O3.C6H10NO2.C3H8.Y/c1-3-4-5-12-15-18(2)16-13-10-8-6-7-9-11-14-17-19(20)21;1-2-3-4-11-14-17(19)15-12-9-7-5-6-8-10-13-16-18(20)21;1-5(2)6(8)9-4-3-7;1-3-2;/h15H,3-14,16-17H2,1-2H3,(H,20,21);17,19H,2-16H2,1H3,(H,20,21);7H,1,3-4H2,2H3;3H2,1-2H3;/q;;-1;;. The van der Waals surface area contributed by atoms with Gasteiger partial charge in [-0.2, -0.15) is 0 Å². The van der Waals surface area contributed by atoms with Gasteiger partial charge in [0, 0.05) is 51.1 Å². The average molecular weight is 858 g/mol. The summed E-state index contributed by atoms with van der Waals surface area (Å²) in [5.41, 5.74) is 8.58. The number of hydrogen-bond acceptors (Lipinski definition) is 5. The summed E-state index contributed by atoms with van der Waals surface area (Å²) in [6.45, 7) is 16.2. The molecular weight excluding hydrogens is 767 g/mol. The number of aliphatic hydroxyl groups excluding tert-OH is 1. The zero-order chi connectivity index (χ0) is 41.5. The Labute approximate surface area is 366 Å². The van der Waals surface area contributed by atoms with E-state index in [0.29, 0.717) is 18.4 Å². The Morgan fingerprint density at radius 3 is 1.31 bits per heavy atom. The number of ether oxygens (including phenoxy) is 1. The van der Waals surface area contributed by atoms with Gasteiger partial charge < -0.3 is 25.8 Å². The second-order valence-corrected chi connectivity index (χ2v) is 14.9. The number of rotatable bonds is 34. The molecule has 55 heavy (non-hydrogen) atoms. The Bertz CT molecular complexity index is 850. The van der Waals surface area contributed by atoms with Gasteiger partial charge in [0.1, 0.15) is 0 Å². The van der Waals surface area contributed by atoms with Gasteiger partial charge >= 0.3 is 17.9 Å². The van der Waals surface area contributed by atoms with E-state index in [4.69, 9.17) is 15.9 Å². The van der Waals surface area contributed by atoms with Gasteiger partial charge in [-0.05, 0) is 65.2 Å². The smallest absolute Gasteiger partial charge is 0.333 e. The van der Waals surface area contributed by atoms with Gasteiger partial charge in [-0.15, -0.1) is 6.54 Å². The summed E-state index contributed by atoms with van der Waals surface area (Å²) in [7, 11) is 0. The first-order chi connectivity index (χ1) is 25.9. The number of allylic oxidation sites excluding steroid dienone is 2. The van der Waals surface area contributed by atoms with Crippen molar-refractivity contribution in [2.45, 2.75) is 240 Å². The second kappa shape index (κ2) is 55.0. The Kier molecular flexibility index (Phi) is 63.1. The van der Waals surface area contributed by atoms with E-state index < -0.39 is 17.9 Å². The molecular formula is C46H90NO7Y-. The third-order valence-corrected chi connectivity index (χ3v) is 8.76. The molecule has 1 unspecified atom stereocenters.